The van der Waals surface area contributed by atoms with Crippen LogP contribution < -0.4 is 10.9 Å². The lowest BCUT2D eigenvalue weighted by Crippen LogP contribution is -2.09. The third-order valence-corrected chi connectivity index (χ3v) is 3.98. The maximum atomic E-state index is 12.1. The number of anilines is 1. The quantitative estimate of drug-likeness (QED) is 0.705. The highest BCUT2D eigenvalue weighted by Gasteiger charge is 2.03. The van der Waals surface area contributed by atoms with Gasteiger partial charge in [-0.2, -0.15) is 0 Å². The number of carbonyl (C=O) groups excluding carboxylic acids is 1. The zero-order valence-electron chi connectivity index (χ0n) is 13.0. The Morgan fingerprint density at radius 2 is 1.96 bits per heavy atom. The Morgan fingerprint density at radius 1 is 1.17 bits per heavy atom. The Balaban J connectivity index is 1.81. The summed E-state index contributed by atoms with van der Waals surface area (Å²) in [5.74, 6) is -0.274. The summed E-state index contributed by atoms with van der Waals surface area (Å²) in [5, 5.41) is 4.30. The van der Waals surface area contributed by atoms with Crippen molar-refractivity contribution < 1.29 is 4.79 Å². The van der Waals surface area contributed by atoms with Crippen molar-refractivity contribution in [3.63, 3.8) is 0 Å². The number of carbonyl (C=O) groups is 1. The van der Waals surface area contributed by atoms with Gasteiger partial charge in [0, 0.05) is 28.2 Å². The van der Waals surface area contributed by atoms with E-state index in [-0.39, 0.29) is 11.5 Å². The second-order valence-electron chi connectivity index (χ2n) is 5.42. The summed E-state index contributed by atoms with van der Waals surface area (Å²) in [5.41, 5.74) is 2.80. The standard InChI is InChI=1S/C19H15ClN2O2/c1-12-10-19(24)22-17-11-14(7-8-15(12)17)21-18(23)9-6-13-4-2-3-5-16(13)20/h2-11H,1H3,(H,21,23)(H,22,24)/b9-6+. The van der Waals surface area contributed by atoms with Crippen molar-refractivity contribution in [1.29, 1.82) is 0 Å². The molecule has 120 valence electrons. The molecule has 0 aliphatic rings. The van der Waals surface area contributed by atoms with Gasteiger partial charge in [0.25, 0.3) is 0 Å². The van der Waals surface area contributed by atoms with Gasteiger partial charge < -0.3 is 10.3 Å². The van der Waals surface area contributed by atoms with Gasteiger partial charge >= 0.3 is 0 Å². The van der Waals surface area contributed by atoms with Crippen LogP contribution in [0.2, 0.25) is 5.02 Å². The van der Waals surface area contributed by atoms with E-state index in [4.69, 9.17) is 11.6 Å². The summed E-state index contributed by atoms with van der Waals surface area (Å²) in [6.45, 7) is 1.88. The first-order valence-corrected chi connectivity index (χ1v) is 7.78. The number of nitrogens with one attached hydrogen (secondary N) is 2. The number of aryl methyl sites for hydroxylation is 1. The van der Waals surface area contributed by atoms with Gasteiger partial charge in [-0.15, -0.1) is 0 Å². The number of fused-ring (bicyclic) bond motifs is 1. The molecule has 1 amide bonds. The van der Waals surface area contributed by atoms with Crippen molar-refractivity contribution in [1.82, 2.24) is 4.98 Å². The number of benzene rings is 2. The molecule has 5 heteroatoms. The van der Waals surface area contributed by atoms with Crippen LogP contribution in [0.3, 0.4) is 0 Å². The fourth-order valence-corrected chi connectivity index (χ4v) is 2.67. The van der Waals surface area contributed by atoms with Crippen molar-refractivity contribution in [2.24, 2.45) is 0 Å². The summed E-state index contributed by atoms with van der Waals surface area (Å²) in [6, 6.07) is 14.2. The van der Waals surface area contributed by atoms with Crippen LogP contribution in [0.5, 0.6) is 0 Å². The fraction of sp³-hybridized carbons (Fsp3) is 0.0526. The maximum absolute atomic E-state index is 12.1. The van der Waals surface area contributed by atoms with Gasteiger partial charge in [0.2, 0.25) is 11.5 Å². The molecule has 1 heterocycles. The second kappa shape index (κ2) is 6.72. The second-order valence-corrected chi connectivity index (χ2v) is 5.83. The number of H-pyrrole nitrogens is 1. The predicted octanol–water partition coefficient (Wildman–Crippen LogP) is 4.14. The predicted molar refractivity (Wildman–Crippen MR) is 98.4 cm³/mol. The lowest BCUT2D eigenvalue weighted by atomic mass is 10.1. The Hall–Kier alpha value is -2.85. The van der Waals surface area contributed by atoms with Crippen LogP contribution in [-0.2, 0) is 4.79 Å². The van der Waals surface area contributed by atoms with Crippen molar-refractivity contribution in [2.75, 3.05) is 5.32 Å². The molecule has 3 aromatic rings. The number of pyridine rings is 1. The molecule has 2 aromatic carbocycles. The number of aromatic amines is 1. The van der Waals surface area contributed by atoms with E-state index in [1.807, 2.05) is 31.2 Å². The van der Waals surface area contributed by atoms with E-state index in [1.54, 1.807) is 30.3 Å². The molecule has 0 aliphatic heterocycles. The molecule has 2 N–H and O–H groups in total. The highest BCUT2D eigenvalue weighted by molar-refractivity contribution is 6.32. The average Bonchev–Trinajstić information content (AvgIpc) is 2.53. The van der Waals surface area contributed by atoms with Gasteiger partial charge in [0.1, 0.15) is 0 Å². The van der Waals surface area contributed by atoms with Gasteiger partial charge in [-0.3, -0.25) is 9.59 Å². The van der Waals surface area contributed by atoms with E-state index >= 15 is 0 Å². The molecule has 0 radical (unpaired) electrons. The number of halogens is 1. The number of rotatable bonds is 3. The molecule has 3 rings (SSSR count). The van der Waals surface area contributed by atoms with Crippen LogP contribution in [0.25, 0.3) is 17.0 Å². The van der Waals surface area contributed by atoms with Gasteiger partial charge in [-0.1, -0.05) is 35.9 Å². The molecule has 0 unspecified atom stereocenters. The SMILES string of the molecule is Cc1cc(=O)[nH]c2cc(NC(=O)/C=C/c3ccccc3Cl)ccc12. The van der Waals surface area contributed by atoms with Crippen LogP contribution in [0.4, 0.5) is 5.69 Å². The molecule has 0 saturated carbocycles. The van der Waals surface area contributed by atoms with E-state index in [0.717, 1.165) is 16.5 Å². The van der Waals surface area contributed by atoms with E-state index < -0.39 is 0 Å². The minimum Gasteiger partial charge on any atom is -0.322 e. The number of hydrogen-bond donors (Lipinski definition) is 2. The summed E-state index contributed by atoms with van der Waals surface area (Å²) >= 11 is 6.05. The van der Waals surface area contributed by atoms with Crippen LogP contribution >= 0.6 is 11.6 Å². The number of hydrogen-bond acceptors (Lipinski definition) is 2. The van der Waals surface area contributed by atoms with Crippen LogP contribution in [0.1, 0.15) is 11.1 Å². The summed E-state index contributed by atoms with van der Waals surface area (Å²) in [7, 11) is 0. The summed E-state index contributed by atoms with van der Waals surface area (Å²) in [4.78, 5) is 26.4. The molecular formula is C19H15ClN2O2. The Morgan fingerprint density at radius 3 is 2.75 bits per heavy atom. The van der Waals surface area contributed by atoms with Crippen LogP contribution in [0, 0.1) is 6.92 Å². The molecule has 0 spiro atoms. The zero-order chi connectivity index (χ0) is 17.1. The normalized spacial score (nSPS) is 11.1. The largest absolute Gasteiger partial charge is 0.322 e. The molecular weight excluding hydrogens is 324 g/mol. The number of aromatic nitrogens is 1. The van der Waals surface area contributed by atoms with Crippen molar-refractivity contribution >= 4 is 40.2 Å². The lowest BCUT2D eigenvalue weighted by Gasteiger charge is -2.06. The first-order chi connectivity index (χ1) is 11.5. The Kier molecular flexibility index (Phi) is 4.49. The highest BCUT2D eigenvalue weighted by Crippen LogP contribution is 2.19. The minimum absolute atomic E-state index is 0.165. The van der Waals surface area contributed by atoms with Gasteiger partial charge in [-0.25, -0.2) is 0 Å². The molecule has 4 nitrogen and oxygen atoms in total. The highest BCUT2D eigenvalue weighted by atomic mass is 35.5. The summed E-state index contributed by atoms with van der Waals surface area (Å²) < 4.78 is 0. The van der Waals surface area contributed by atoms with Crippen LogP contribution in [0.15, 0.2) is 59.4 Å². The smallest absolute Gasteiger partial charge is 0.248 e. The molecule has 0 fully saturated rings. The van der Waals surface area contributed by atoms with Crippen LogP contribution in [-0.4, -0.2) is 10.9 Å². The monoisotopic (exact) mass is 338 g/mol. The maximum Gasteiger partial charge on any atom is 0.248 e. The van der Waals surface area contributed by atoms with E-state index in [0.29, 0.717) is 16.2 Å². The third kappa shape index (κ3) is 3.55. The number of amides is 1. The first kappa shape index (κ1) is 16.0. The molecule has 0 saturated heterocycles. The van der Waals surface area contributed by atoms with E-state index in [2.05, 4.69) is 10.3 Å². The van der Waals surface area contributed by atoms with Crippen molar-refractivity contribution in [3.05, 3.63) is 81.1 Å². The Labute approximate surface area is 143 Å². The minimum atomic E-state index is -0.274. The van der Waals surface area contributed by atoms with Gasteiger partial charge in [0.05, 0.1) is 5.52 Å². The third-order valence-electron chi connectivity index (χ3n) is 3.64. The lowest BCUT2D eigenvalue weighted by molar-refractivity contribution is -0.111. The topological polar surface area (TPSA) is 62.0 Å². The zero-order valence-corrected chi connectivity index (χ0v) is 13.7. The Bertz CT molecular complexity index is 1010. The van der Waals surface area contributed by atoms with Crippen molar-refractivity contribution in [3.8, 4) is 0 Å². The first-order valence-electron chi connectivity index (χ1n) is 7.40. The van der Waals surface area contributed by atoms with E-state index in [1.165, 1.54) is 6.08 Å². The van der Waals surface area contributed by atoms with Gasteiger partial charge in [-0.05, 0) is 42.3 Å². The fourth-order valence-electron chi connectivity index (χ4n) is 2.47. The molecule has 1 aromatic heterocycles. The van der Waals surface area contributed by atoms with Crippen molar-refractivity contribution in [2.45, 2.75) is 6.92 Å². The molecule has 0 bridgehead atoms. The van der Waals surface area contributed by atoms with Gasteiger partial charge in [0.15, 0.2) is 0 Å². The average molecular weight is 339 g/mol. The molecule has 24 heavy (non-hydrogen) atoms. The van der Waals surface area contributed by atoms with E-state index in [9.17, 15) is 9.59 Å². The molecule has 0 aliphatic carbocycles. The molecule has 0 atom stereocenters. The summed E-state index contributed by atoms with van der Waals surface area (Å²) in [6.07, 6.45) is 3.08.